The van der Waals surface area contributed by atoms with Crippen LogP contribution >= 0.6 is 0 Å². The first-order chi connectivity index (χ1) is 8.52. The van der Waals surface area contributed by atoms with Crippen molar-refractivity contribution in [3.05, 3.63) is 0 Å². The average molecular weight is 256 g/mol. The lowest BCUT2D eigenvalue weighted by atomic mass is 9.96. The molecule has 104 valence electrons. The van der Waals surface area contributed by atoms with Crippen LogP contribution in [0.5, 0.6) is 0 Å². The maximum absolute atomic E-state index is 12.0. The van der Waals surface area contributed by atoms with E-state index in [4.69, 9.17) is 5.11 Å². The fourth-order valence-corrected chi connectivity index (χ4v) is 2.30. The van der Waals surface area contributed by atoms with Crippen molar-refractivity contribution in [3.8, 4) is 0 Å². The Bertz CT molecular complexity index is 294. The summed E-state index contributed by atoms with van der Waals surface area (Å²) in [7, 11) is 0. The van der Waals surface area contributed by atoms with Gasteiger partial charge in [-0.05, 0) is 32.1 Å². The van der Waals surface area contributed by atoms with Crippen molar-refractivity contribution in [3.63, 3.8) is 0 Å². The summed E-state index contributed by atoms with van der Waals surface area (Å²) in [4.78, 5) is 24.3. The van der Waals surface area contributed by atoms with Gasteiger partial charge in [0, 0.05) is 25.6 Å². The van der Waals surface area contributed by atoms with E-state index in [2.05, 4.69) is 12.2 Å². The van der Waals surface area contributed by atoms with Crippen LogP contribution in [0.3, 0.4) is 0 Å². The van der Waals surface area contributed by atoms with Gasteiger partial charge in [0.25, 0.3) is 0 Å². The second kappa shape index (κ2) is 7.24. The number of rotatable bonds is 5. The monoisotopic (exact) mass is 256 g/mol. The van der Waals surface area contributed by atoms with Crippen LogP contribution in [0, 0.1) is 5.92 Å². The van der Waals surface area contributed by atoms with Crippen LogP contribution in [0.15, 0.2) is 0 Å². The van der Waals surface area contributed by atoms with Crippen LogP contribution < -0.4 is 5.32 Å². The third-order valence-corrected chi connectivity index (χ3v) is 3.54. The fraction of sp³-hybridized carbons (Fsp3) is 0.846. The van der Waals surface area contributed by atoms with E-state index in [1.54, 1.807) is 0 Å². The summed E-state index contributed by atoms with van der Waals surface area (Å²) < 4.78 is 0. The Morgan fingerprint density at radius 3 is 2.83 bits per heavy atom. The van der Waals surface area contributed by atoms with Crippen molar-refractivity contribution in [1.82, 2.24) is 10.2 Å². The van der Waals surface area contributed by atoms with Crippen molar-refractivity contribution in [2.45, 2.75) is 52.0 Å². The number of carboxylic acids is 1. The number of piperidine rings is 1. The predicted octanol–water partition coefficient (Wildman–Crippen LogP) is 2.07. The molecule has 1 rings (SSSR count). The zero-order valence-corrected chi connectivity index (χ0v) is 11.3. The van der Waals surface area contributed by atoms with Crippen LogP contribution in [0.1, 0.15) is 46.0 Å². The highest BCUT2D eigenvalue weighted by molar-refractivity contribution is 5.74. The van der Waals surface area contributed by atoms with E-state index in [9.17, 15) is 9.59 Å². The molecule has 0 aromatic rings. The number of carboxylic acid groups (broad SMARTS) is 1. The summed E-state index contributed by atoms with van der Waals surface area (Å²) in [5, 5.41) is 11.5. The minimum absolute atomic E-state index is 0.0500. The lowest BCUT2D eigenvalue weighted by Gasteiger charge is -2.33. The van der Waals surface area contributed by atoms with Gasteiger partial charge in [0.1, 0.15) is 0 Å². The molecule has 0 spiro atoms. The van der Waals surface area contributed by atoms with Gasteiger partial charge in [0.15, 0.2) is 0 Å². The molecule has 2 amide bonds. The molecule has 2 unspecified atom stereocenters. The summed E-state index contributed by atoms with van der Waals surface area (Å²) in [6.45, 7) is 5.64. The van der Waals surface area contributed by atoms with Gasteiger partial charge in [0.2, 0.25) is 0 Å². The van der Waals surface area contributed by atoms with E-state index < -0.39 is 5.97 Å². The van der Waals surface area contributed by atoms with Gasteiger partial charge in [-0.25, -0.2) is 4.79 Å². The maximum atomic E-state index is 12.0. The molecule has 2 N–H and O–H groups in total. The Labute approximate surface area is 109 Å². The predicted molar refractivity (Wildman–Crippen MR) is 69.5 cm³/mol. The van der Waals surface area contributed by atoms with E-state index in [1.165, 1.54) is 6.42 Å². The van der Waals surface area contributed by atoms with E-state index in [-0.39, 0.29) is 18.5 Å². The number of hydrogen-bond donors (Lipinski definition) is 2. The third-order valence-electron chi connectivity index (χ3n) is 3.54. The van der Waals surface area contributed by atoms with Gasteiger partial charge in [-0.1, -0.05) is 13.3 Å². The summed E-state index contributed by atoms with van der Waals surface area (Å²) in [5.74, 6) is -0.209. The topological polar surface area (TPSA) is 69.6 Å². The van der Waals surface area contributed by atoms with Gasteiger partial charge in [0.05, 0.1) is 0 Å². The van der Waals surface area contributed by atoms with Crippen molar-refractivity contribution in [2.75, 3.05) is 13.1 Å². The number of likely N-dealkylation sites (tertiary alicyclic amines) is 1. The van der Waals surface area contributed by atoms with Gasteiger partial charge in [-0.3, -0.25) is 4.79 Å². The first kappa shape index (κ1) is 14.8. The van der Waals surface area contributed by atoms with Crippen molar-refractivity contribution in [1.29, 1.82) is 0 Å². The van der Waals surface area contributed by atoms with E-state index >= 15 is 0 Å². The molecule has 5 heteroatoms. The molecule has 0 radical (unpaired) electrons. The average Bonchev–Trinajstić information content (AvgIpc) is 2.36. The molecule has 0 aromatic heterocycles. The first-order valence-electron chi connectivity index (χ1n) is 6.80. The van der Waals surface area contributed by atoms with Crippen LogP contribution in [0.2, 0.25) is 0 Å². The van der Waals surface area contributed by atoms with Gasteiger partial charge < -0.3 is 15.3 Å². The fourth-order valence-electron chi connectivity index (χ4n) is 2.30. The molecule has 2 atom stereocenters. The Kier molecular flexibility index (Phi) is 5.95. The Morgan fingerprint density at radius 2 is 2.22 bits per heavy atom. The summed E-state index contributed by atoms with van der Waals surface area (Å²) in [6, 6.07) is -0.137. The van der Waals surface area contributed by atoms with E-state index in [1.807, 2.05) is 11.8 Å². The van der Waals surface area contributed by atoms with Gasteiger partial charge >= 0.3 is 12.0 Å². The zero-order chi connectivity index (χ0) is 13.5. The Hall–Kier alpha value is -1.26. The van der Waals surface area contributed by atoms with Crippen LogP contribution in [0.25, 0.3) is 0 Å². The SMILES string of the molecule is CCC1CCCN(C(=O)NC(C)CCC(=O)O)C1. The quantitative estimate of drug-likeness (QED) is 0.791. The molecule has 1 heterocycles. The molecule has 0 saturated carbocycles. The molecule has 1 aliphatic heterocycles. The van der Waals surface area contributed by atoms with Crippen LogP contribution in [0.4, 0.5) is 4.79 Å². The Balaban J connectivity index is 2.32. The number of aliphatic carboxylic acids is 1. The van der Waals surface area contributed by atoms with Crippen molar-refractivity contribution in [2.24, 2.45) is 5.92 Å². The summed E-state index contributed by atoms with van der Waals surface area (Å²) in [6.07, 6.45) is 3.95. The standard InChI is InChI=1S/C13H24N2O3/c1-3-11-5-4-8-15(9-11)13(18)14-10(2)6-7-12(16)17/h10-11H,3-9H2,1-2H3,(H,14,18)(H,16,17). The van der Waals surface area contributed by atoms with Crippen molar-refractivity contribution >= 4 is 12.0 Å². The number of hydrogen-bond acceptors (Lipinski definition) is 2. The van der Waals surface area contributed by atoms with Crippen LogP contribution in [-0.2, 0) is 4.79 Å². The smallest absolute Gasteiger partial charge is 0.317 e. The summed E-state index contributed by atoms with van der Waals surface area (Å²) >= 11 is 0. The van der Waals surface area contributed by atoms with Gasteiger partial charge in [-0.15, -0.1) is 0 Å². The van der Waals surface area contributed by atoms with Gasteiger partial charge in [-0.2, -0.15) is 0 Å². The minimum Gasteiger partial charge on any atom is -0.481 e. The summed E-state index contributed by atoms with van der Waals surface area (Å²) in [5.41, 5.74) is 0. The molecule has 0 bridgehead atoms. The highest BCUT2D eigenvalue weighted by atomic mass is 16.4. The van der Waals surface area contributed by atoms with Crippen molar-refractivity contribution < 1.29 is 14.7 Å². The number of urea groups is 1. The minimum atomic E-state index is -0.819. The molecule has 1 saturated heterocycles. The Morgan fingerprint density at radius 1 is 1.50 bits per heavy atom. The molecule has 5 nitrogen and oxygen atoms in total. The number of amides is 2. The lowest BCUT2D eigenvalue weighted by molar-refractivity contribution is -0.137. The van der Waals surface area contributed by atoms with E-state index in [0.29, 0.717) is 12.3 Å². The second-order valence-electron chi connectivity index (χ2n) is 5.15. The molecule has 1 aliphatic rings. The molecule has 18 heavy (non-hydrogen) atoms. The number of carbonyl (C=O) groups excluding carboxylic acids is 1. The molecule has 0 aromatic carbocycles. The maximum Gasteiger partial charge on any atom is 0.317 e. The highest BCUT2D eigenvalue weighted by Gasteiger charge is 2.23. The highest BCUT2D eigenvalue weighted by Crippen LogP contribution is 2.19. The number of nitrogens with zero attached hydrogens (tertiary/aromatic N) is 1. The zero-order valence-electron chi connectivity index (χ0n) is 11.3. The molecule has 0 aliphatic carbocycles. The largest absolute Gasteiger partial charge is 0.481 e. The second-order valence-corrected chi connectivity index (χ2v) is 5.15. The first-order valence-corrected chi connectivity index (χ1v) is 6.80. The molecular formula is C13H24N2O3. The number of nitrogens with one attached hydrogen (secondary N) is 1. The normalized spacial score (nSPS) is 21.4. The molecular weight excluding hydrogens is 232 g/mol. The van der Waals surface area contributed by atoms with Crippen LogP contribution in [-0.4, -0.2) is 41.1 Å². The molecule has 1 fully saturated rings. The van der Waals surface area contributed by atoms with E-state index in [0.717, 1.165) is 25.9 Å². The number of carbonyl (C=O) groups is 2. The third kappa shape index (κ3) is 4.94. The lowest BCUT2D eigenvalue weighted by Crippen LogP contribution is -2.48.